The molecular weight excluding hydrogens is 262 g/mol. The molecule has 114 valence electrons. The third-order valence-corrected chi connectivity index (χ3v) is 4.90. The number of amides is 1. The molecule has 1 amide bonds. The molecule has 0 bridgehead atoms. The number of hydrogen-bond donors (Lipinski definition) is 0. The van der Waals surface area contributed by atoms with Crippen molar-refractivity contribution in [2.75, 3.05) is 19.7 Å². The summed E-state index contributed by atoms with van der Waals surface area (Å²) < 4.78 is 6.03. The van der Waals surface area contributed by atoms with E-state index in [1.165, 1.54) is 24.8 Å². The number of aryl methyl sites for hydroxylation is 1. The van der Waals surface area contributed by atoms with Gasteiger partial charge in [-0.3, -0.25) is 4.79 Å². The minimum atomic E-state index is 0.0817. The van der Waals surface area contributed by atoms with Gasteiger partial charge in [0.25, 0.3) is 0 Å². The van der Waals surface area contributed by atoms with Crippen LogP contribution in [0.25, 0.3) is 0 Å². The van der Waals surface area contributed by atoms with Crippen LogP contribution in [-0.2, 0) is 16.0 Å². The van der Waals surface area contributed by atoms with E-state index in [0.29, 0.717) is 6.42 Å². The highest BCUT2D eigenvalue weighted by Gasteiger charge is 2.37. The van der Waals surface area contributed by atoms with E-state index in [1.807, 2.05) is 17.0 Å². The number of carbonyl (C=O) groups excluding carboxylic acids is 1. The first-order valence-corrected chi connectivity index (χ1v) is 8.14. The van der Waals surface area contributed by atoms with Crippen LogP contribution in [0.3, 0.4) is 0 Å². The van der Waals surface area contributed by atoms with Gasteiger partial charge >= 0.3 is 0 Å². The SMILES string of the molecule is Cc1cccc(CC(=O)N2CCC3(CCCCO3)CC2)c1. The van der Waals surface area contributed by atoms with Gasteiger partial charge in [0.1, 0.15) is 0 Å². The first-order valence-electron chi connectivity index (χ1n) is 8.14. The van der Waals surface area contributed by atoms with Crippen molar-refractivity contribution in [2.24, 2.45) is 0 Å². The van der Waals surface area contributed by atoms with Crippen molar-refractivity contribution in [2.45, 2.75) is 51.0 Å². The topological polar surface area (TPSA) is 29.5 Å². The highest BCUT2D eigenvalue weighted by molar-refractivity contribution is 5.79. The number of rotatable bonds is 2. The Hall–Kier alpha value is -1.35. The van der Waals surface area contributed by atoms with E-state index < -0.39 is 0 Å². The molecule has 0 unspecified atom stereocenters. The third kappa shape index (κ3) is 3.46. The largest absolute Gasteiger partial charge is 0.375 e. The van der Waals surface area contributed by atoms with Crippen molar-refractivity contribution in [1.82, 2.24) is 4.90 Å². The zero-order chi connectivity index (χ0) is 14.7. The van der Waals surface area contributed by atoms with Crippen molar-refractivity contribution in [1.29, 1.82) is 0 Å². The first-order chi connectivity index (χ1) is 10.2. The molecule has 3 heteroatoms. The van der Waals surface area contributed by atoms with Gasteiger partial charge in [0, 0.05) is 19.7 Å². The average Bonchev–Trinajstić information content (AvgIpc) is 2.49. The standard InChI is InChI=1S/C18H25NO2/c1-15-5-4-6-16(13-15)14-17(20)19-10-8-18(9-11-19)7-2-3-12-21-18/h4-6,13H,2-3,7-12,14H2,1H3. The molecular formula is C18H25NO2. The molecule has 21 heavy (non-hydrogen) atoms. The maximum atomic E-state index is 12.4. The fraction of sp³-hybridized carbons (Fsp3) is 0.611. The lowest BCUT2D eigenvalue weighted by atomic mass is 9.84. The lowest BCUT2D eigenvalue weighted by Gasteiger charge is -2.44. The average molecular weight is 287 g/mol. The van der Waals surface area contributed by atoms with Crippen LogP contribution in [0.2, 0.25) is 0 Å². The Balaban J connectivity index is 1.55. The van der Waals surface area contributed by atoms with Crippen LogP contribution in [0.1, 0.15) is 43.2 Å². The fourth-order valence-corrected chi connectivity index (χ4v) is 3.58. The Labute approximate surface area is 127 Å². The maximum Gasteiger partial charge on any atom is 0.226 e. The fourth-order valence-electron chi connectivity index (χ4n) is 3.58. The Bertz CT molecular complexity index is 496. The molecule has 0 N–H and O–H groups in total. The van der Waals surface area contributed by atoms with Gasteiger partial charge < -0.3 is 9.64 Å². The summed E-state index contributed by atoms with van der Waals surface area (Å²) in [7, 11) is 0. The summed E-state index contributed by atoms with van der Waals surface area (Å²) in [5.74, 6) is 0.256. The summed E-state index contributed by atoms with van der Waals surface area (Å²) in [6.07, 6.45) is 6.18. The molecule has 0 aliphatic carbocycles. The monoisotopic (exact) mass is 287 g/mol. The summed E-state index contributed by atoms with van der Waals surface area (Å²) >= 11 is 0. The molecule has 2 aliphatic heterocycles. The Morgan fingerprint density at radius 2 is 2.05 bits per heavy atom. The van der Waals surface area contributed by atoms with Crippen LogP contribution in [0, 0.1) is 6.92 Å². The number of ether oxygens (including phenoxy) is 1. The minimum absolute atomic E-state index is 0.0817. The van der Waals surface area contributed by atoms with Gasteiger partial charge in [-0.25, -0.2) is 0 Å². The van der Waals surface area contributed by atoms with E-state index in [4.69, 9.17) is 4.74 Å². The van der Waals surface area contributed by atoms with E-state index in [0.717, 1.165) is 38.1 Å². The van der Waals surface area contributed by atoms with Crippen LogP contribution in [0.4, 0.5) is 0 Å². The van der Waals surface area contributed by atoms with Gasteiger partial charge in [0.15, 0.2) is 0 Å². The first kappa shape index (κ1) is 14.6. The van der Waals surface area contributed by atoms with Crippen LogP contribution < -0.4 is 0 Å². The van der Waals surface area contributed by atoms with E-state index in [9.17, 15) is 4.79 Å². The summed E-state index contributed by atoms with van der Waals surface area (Å²) in [6, 6.07) is 8.24. The van der Waals surface area contributed by atoms with E-state index in [-0.39, 0.29) is 11.5 Å². The molecule has 2 saturated heterocycles. The molecule has 1 spiro atoms. The zero-order valence-electron chi connectivity index (χ0n) is 12.9. The molecule has 0 atom stereocenters. The second-order valence-electron chi connectivity index (χ2n) is 6.54. The van der Waals surface area contributed by atoms with Gasteiger partial charge in [-0.05, 0) is 44.6 Å². The minimum Gasteiger partial charge on any atom is -0.375 e. The van der Waals surface area contributed by atoms with Gasteiger partial charge in [0.05, 0.1) is 12.0 Å². The zero-order valence-corrected chi connectivity index (χ0v) is 12.9. The van der Waals surface area contributed by atoms with Crippen LogP contribution >= 0.6 is 0 Å². The van der Waals surface area contributed by atoms with Crippen LogP contribution in [0.5, 0.6) is 0 Å². The lowest BCUT2D eigenvalue weighted by molar-refractivity contribution is -0.142. The second-order valence-corrected chi connectivity index (χ2v) is 6.54. The number of likely N-dealkylation sites (tertiary alicyclic amines) is 1. The molecule has 2 aliphatic rings. The second kappa shape index (κ2) is 6.18. The number of benzene rings is 1. The number of piperidine rings is 1. The highest BCUT2D eigenvalue weighted by atomic mass is 16.5. The van der Waals surface area contributed by atoms with Crippen molar-refractivity contribution in [3.8, 4) is 0 Å². The molecule has 0 aromatic heterocycles. The number of nitrogens with zero attached hydrogens (tertiary/aromatic N) is 1. The maximum absolute atomic E-state index is 12.4. The molecule has 1 aromatic carbocycles. The summed E-state index contributed by atoms with van der Waals surface area (Å²) in [5.41, 5.74) is 2.42. The predicted octanol–water partition coefficient (Wildman–Crippen LogP) is 3.10. The summed E-state index contributed by atoms with van der Waals surface area (Å²) in [4.78, 5) is 14.5. The van der Waals surface area contributed by atoms with Gasteiger partial charge in [-0.15, -0.1) is 0 Å². The molecule has 2 heterocycles. The van der Waals surface area contributed by atoms with E-state index in [1.54, 1.807) is 0 Å². The molecule has 1 aromatic rings. The van der Waals surface area contributed by atoms with Gasteiger partial charge in [-0.1, -0.05) is 29.8 Å². The molecule has 2 fully saturated rings. The smallest absolute Gasteiger partial charge is 0.226 e. The van der Waals surface area contributed by atoms with E-state index >= 15 is 0 Å². The Kier molecular flexibility index (Phi) is 4.29. The molecule has 0 saturated carbocycles. The number of carbonyl (C=O) groups is 1. The van der Waals surface area contributed by atoms with Crippen molar-refractivity contribution < 1.29 is 9.53 Å². The Morgan fingerprint density at radius 3 is 2.71 bits per heavy atom. The van der Waals surface area contributed by atoms with Crippen LogP contribution in [0.15, 0.2) is 24.3 Å². The van der Waals surface area contributed by atoms with Gasteiger partial charge in [-0.2, -0.15) is 0 Å². The Morgan fingerprint density at radius 1 is 1.24 bits per heavy atom. The van der Waals surface area contributed by atoms with Crippen molar-refractivity contribution in [3.63, 3.8) is 0 Å². The normalized spacial score (nSPS) is 21.5. The lowest BCUT2D eigenvalue weighted by Crippen LogP contribution is -2.49. The molecule has 0 radical (unpaired) electrons. The van der Waals surface area contributed by atoms with Crippen molar-refractivity contribution in [3.05, 3.63) is 35.4 Å². The van der Waals surface area contributed by atoms with Crippen LogP contribution in [-0.4, -0.2) is 36.1 Å². The molecule has 3 rings (SSSR count). The third-order valence-electron chi connectivity index (χ3n) is 4.90. The summed E-state index contributed by atoms with van der Waals surface area (Å²) in [5, 5.41) is 0. The quantitative estimate of drug-likeness (QED) is 0.836. The van der Waals surface area contributed by atoms with E-state index in [2.05, 4.69) is 19.1 Å². The molecule has 3 nitrogen and oxygen atoms in total. The highest BCUT2D eigenvalue weighted by Crippen LogP contribution is 2.34. The summed E-state index contributed by atoms with van der Waals surface area (Å²) in [6.45, 7) is 4.67. The number of hydrogen-bond acceptors (Lipinski definition) is 2. The van der Waals surface area contributed by atoms with Gasteiger partial charge in [0.2, 0.25) is 5.91 Å². The predicted molar refractivity (Wildman–Crippen MR) is 83.2 cm³/mol. The van der Waals surface area contributed by atoms with Crippen molar-refractivity contribution >= 4 is 5.91 Å².